The summed E-state index contributed by atoms with van der Waals surface area (Å²) in [6.45, 7) is 3.30. The second-order valence-electron chi connectivity index (χ2n) is 4.75. The maximum absolute atomic E-state index is 13.0. The molecule has 0 spiro atoms. The molecule has 0 aromatic heterocycles. The summed E-state index contributed by atoms with van der Waals surface area (Å²) in [7, 11) is -3.67. The van der Waals surface area contributed by atoms with Crippen molar-refractivity contribution in [2.75, 3.05) is 11.5 Å². The van der Waals surface area contributed by atoms with Crippen LogP contribution in [0.2, 0.25) is 0 Å². The lowest BCUT2D eigenvalue weighted by atomic mass is 9.93. The fraction of sp³-hybridized carbons (Fsp3) is 0.417. The molecule has 18 heavy (non-hydrogen) atoms. The molecule has 0 aliphatic carbocycles. The summed E-state index contributed by atoms with van der Waals surface area (Å²) in [4.78, 5) is -0.212. The first kappa shape index (κ1) is 14.5. The molecule has 0 atom stereocenters. The van der Waals surface area contributed by atoms with Crippen molar-refractivity contribution in [1.29, 1.82) is 5.26 Å². The van der Waals surface area contributed by atoms with Crippen LogP contribution in [-0.2, 0) is 9.84 Å². The molecule has 1 aromatic rings. The number of hydrogen-bond donors (Lipinski definition) is 1. The second kappa shape index (κ2) is 4.94. The van der Waals surface area contributed by atoms with Crippen LogP contribution in [0.5, 0.6) is 0 Å². The van der Waals surface area contributed by atoms with Crippen LogP contribution >= 0.6 is 0 Å². The maximum atomic E-state index is 13.0. The first-order valence-electron chi connectivity index (χ1n) is 5.37. The van der Waals surface area contributed by atoms with E-state index < -0.39 is 21.1 Å². The first-order chi connectivity index (χ1) is 8.18. The highest BCUT2D eigenvalue weighted by Gasteiger charge is 2.24. The molecule has 1 aromatic carbocycles. The monoisotopic (exact) mass is 270 g/mol. The summed E-state index contributed by atoms with van der Waals surface area (Å²) in [5.74, 6) is -0.886. The Kier molecular flexibility index (Phi) is 3.97. The number of nitrogens with zero attached hydrogens (tertiary/aromatic N) is 1. The van der Waals surface area contributed by atoms with Crippen molar-refractivity contribution in [2.45, 2.75) is 25.2 Å². The molecule has 0 aliphatic rings. The van der Waals surface area contributed by atoms with Crippen molar-refractivity contribution in [3.8, 4) is 6.07 Å². The summed E-state index contributed by atoms with van der Waals surface area (Å²) in [5, 5.41) is 8.83. The van der Waals surface area contributed by atoms with Crippen molar-refractivity contribution >= 4 is 15.5 Å². The summed E-state index contributed by atoms with van der Waals surface area (Å²) >= 11 is 0. The minimum atomic E-state index is -3.67. The van der Waals surface area contributed by atoms with Crippen LogP contribution in [0.1, 0.15) is 20.3 Å². The van der Waals surface area contributed by atoms with Gasteiger partial charge in [0.15, 0.2) is 9.84 Å². The number of benzene rings is 1. The Labute approximate surface area is 106 Å². The van der Waals surface area contributed by atoms with Crippen LogP contribution in [0.4, 0.5) is 10.1 Å². The largest absolute Gasteiger partial charge is 0.398 e. The van der Waals surface area contributed by atoms with Gasteiger partial charge in [0, 0.05) is 0 Å². The molecule has 0 saturated heterocycles. The normalized spacial score (nSPS) is 12.1. The molecule has 0 fully saturated rings. The molecule has 0 radical (unpaired) electrons. The second-order valence-corrected chi connectivity index (χ2v) is 6.82. The quantitative estimate of drug-likeness (QED) is 0.849. The Hall–Kier alpha value is -1.61. The van der Waals surface area contributed by atoms with Gasteiger partial charge in [0.05, 0.1) is 27.8 Å². The number of nitrogen functional groups attached to an aromatic ring is 1. The predicted molar refractivity (Wildman–Crippen MR) is 66.9 cm³/mol. The number of sulfone groups is 1. The molecule has 0 aliphatic heterocycles. The standard InChI is InChI=1S/C12H15FN2O2S/c1-12(2,8-14)5-6-18(16,17)11-7-9(13)3-4-10(11)15/h3-4,7H,5-6,15H2,1-2H3. The molecule has 98 valence electrons. The molecule has 2 N–H and O–H groups in total. The highest BCUT2D eigenvalue weighted by molar-refractivity contribution is 7.91. The average Bonchev–Trinajstić information content (AvgIpc) is 2.30. The van der Waals surface area contributed by atoms with Gasteiger partial charge in [-0.1, -0.05) is 0 Å². The van der Waals surface area contributed by atoms with Crippen LogP contribution in [0.15, 0.2) is 23.1 Å². The predicted octanol–water partition coefficient (Wildman–Crippen LogP) is 2.12. The van der Waals surface area contributed by atoms with Gasteiger partial charge in [0.25, 0.3) is 0 Å². The zero-order valence-corrected chi connectivity index (χ0v) is 11.1. The summed E-state index contributed by atoms with van der Waals surface area (Å²) in [6.07, 6.45) is 0.168. The van der Waals surface area contributed by atoms with Crippen LogP contribution in [-0.4, -0.2) is 14.2 Å². The Bertz CT molecular complexity index is 589. The van der Waals surface area contributed by atoms with Crippen molar-refractivity contribution in [1.82, 2.24) is 0 Å². The Balaban J connectivity index is 3.02. The van der Waals surface area contributed by atoms with E-state index in [-0.39, 0.29) is 22.8 Å². The third-order valence-corrected chi connectivity index (χ3v) is 4.37. The van der Waals surface area contributed by atoms with E-state index in [0.29, 0.717) is 0 Å². The number of rotatable bonds is 4. The van der Waals surface area contributed by atoms with E-state index in [1.807, 2.05) is 6.07 Å². The van der Waals surface area contributed by atoms with Gasteiger partial charge >= 0.3 is 0 Å². The van der Waals surface area contributed by atoms with Gasteiger partial charge < -0.3 is 5.73 Å². The van der Waals surface area contributed by atoms with Crippen LogP contribution in [0.25, 0.3) is 0 Å². The maximum Gasteiger partial charge on any atom is 0.180 e. The van der Waals surface area contributed by atoms with E-state index >= 15 is 0 Å². The Morgan fingerprint density at radius 2 is 2.06 bits per heavy atom. The smallest absolute Gasteiger partial charge is 0.180 e. The van der Waals surface area contributed by atoms with E-state index in [1.54, 1.807) is 13.8 Å². The lowest BCUT2D eigenvalue weighted by Crippen LogP contribution is -2.17. The minimum Gasteiger partial charge on any atom is -0.398 e. The Morgan fingerprint density at radius 3 is 2.61 bits per heavy atom. The van der Waals surface area contributed by atoms with Gasteiger partial charge in [0.2, 0.25) is 0 Å². The lowest BCUT2D eigenvalue weighted by Gasteiger charge is -2.15. The zero-order chi connectivity index (χ0) is 14.0. The highest BCUT2D eigenvalue weighted by Crippen LogP contribution is 2.25. The van der Waals surface area contributed by atoms with Crippen molar-refractivity contribution in [3.05, 3.63) is 24.0 Å². The first-order valence-corrected chi connectivity index (χ1v) is 7.02. The minimum absolute atomic E-state index is 0.0196. The molecular weight excluding hydrogens is 255 g/mol. The van der Waals surface area contributed by atoms with Gasteiger partial charge in [-0.25, -0.2) is 12.8 Å². The third-order valence-electron chi connectivity index (χ3n) is 2.61. The molecule has 4 nitrogen and oxygen atoms in total. The van der Waals surface area contributed by atoms with Crippen LogP contribution in [0, 0.1) is 22.6 Å². The van der Waals surface area contributed by atoms with Crippen molar-refractivity contribution in [2.24, 2.45) is 5.41 Å². The zero-order valence-electron chi connectivity index (χ0n) is 10.3. The number of halogens is 1. The Morgan fingerprint density at radius 1 is 1.44 bits per heavy atom. The summed E-state index contributed by atoms with van der Waals surface area (Å²) in [5.41, 5.74) is 4.82. The van der Waals surface area contributed by atoms with Gasteiger partial charge in [-0.05, 0) is 38.5 Å². The summed E-state index contributed by atoms with van der Waals surface area (Å²) in [6, 6.07) is 5.25. The number of nitriles is 1. The summed E-state index contributed by atoms with van der Waals surface area (Å²) < 4.78 is 37.1. The van der Waals surface area contributed by atoms with Gasteiger partial charge in [0.1, 0.15) is 5.82 Å². The van der Waals surface area contributed by atoms with Gasteiger partial charge in [-0.2, -0.15) is 5.26 Å². The fourth-order valence-electron chi connectivity index (χ4n) is 1.33. The third kappa shape index (κ3) is 3.44. The van der Waals surface area contributed by atoms with Gasteiger partial charge in [-0.15, -0.1) is 0 Å². The lowest BCUT2D eigenvalue weighted by molar-refractivity contribution is 0.473. The molecular formula is C12H15FN2O2S. The van der Waals surface area contributed by atoms with Crippen LogP contribution in [0.3, 0.4) is 0 Å². The fourth-order valence-corrected chi connectivity index (χ4v) is 3.05. The van der Waals surface area contributed by atoms with Crippen LogP contribution < -0.4 is 5.73 Å². The number of nitrogens with two attached hydrogens (primary N) is 1. The van der Waals surface area contributed by atoms with Gasteiger partial charge in [-0.3, -0.25) is 0 Å². The van der Waals surface area contributed by atoms with E-state index in [1.165, 1.54) is 6.07 Å². The average molecular weight is 270 g/mol. The highest BCUT2D eigenvalue weighted by atomic mass is 32.2. The van der Waals surface area contributed by atoms with E-state index in [9.17, 15) is 12.8 Å². The molecule has 6 heteroatoms. The topological polar surface area (TPSA) is 84.0 Å². The van der Waals surface area contributed by atoms with Crippen molar-refractivity contribution < 1.29 is 12.8 Å². The molecule has 0 bridgehead atoms. The van der Waals surface area contributed by atoms with E-state index in [4.69, 9.17) is 11.0 Å². The molecule has 0 unspecified atom stereocenters. The van der Waals surface area contributed by atoms with E-state index in [2.05, 4.69) is 0 Å². The van der Waals surface area contributed by atoms with E-state index in [0.717, 1.165) is 12.1 Å². The number of anilines is 1. The molecule has 0 amide bonds. The SMILES string of the molecule is CC(C)(C#N)CCS(=O)(=O)c1cc(F)ccc1N. The molecule has 0 heterocycles. The molecule has 1 rings (SSSR count). The number of hydrogen-bond acceptors (Lipinski definition) is 4. The van der Waals surface area contributed by atoms with Crippen molar-refractivity contribution in [3.63, 3.8) is 0 Å². The molecule has 0 saturated carbocycles.